The average molecular weight is 424 g/mol. The molecule has 0 aliphatic carbocycles. The normalized spacial score (nSPS) is 11.4. The summed E-state index contributed by atoms with van der Waals surface area (Å²) in [4.78, 5) is 0. The van der Waals surface area contributed by atoms with Gasteiger partial charge in [-0.2, -0.15) is 5.26 Å². The standard InChI is InChI=1S/C23H22NP.BrH/c1-2-9-20(18-24)19-14-16-23(17-15-19)25(21-10-5-3-6-11-21)22-12-7-4-8-13-22;/h3-8,10-17,20H,2,9H2,1H3;1H. The molecule has 3 aromatic carbocycles. The molecule has 0 N–H and O–H groups in total. The average Bonchev–Trinajstić information content (AvgIpc) is 2.69. The first-order valence-electron chi connectivity index (χ1n) is 8.81. The van der Waals surface area contributed by atoms with E-state index in [1.165, 1.54) is 15.9 Å². The van der Waals surface area contributed by atoms with Gasteiger partial charge in [-0.15, -0.1) is 0 Å². The maximum atomic E-state index is 9.40. The van der Waals surface area contributed by atoms with E-state index in [4.69, 9.17) is 0 Å². The molecule has 3 heteroatoms. The van der Waals surface area contributed by atoms with E-state index in [0.29, 0.717) is 0 Å². The molecule has 0 fully saturated rings. The van der Waals surface area contributed by atoms with Crippen LogP contribution in [0.15, 0.2) is 84.9 Å². The van der Waals surface area contributed by atoms with Crippen LogP contribution in [-0.4, -0.2) is 0 Å². The van der Waals surface area contributed by atoms with Crippen molar-refractivity contribution in [3.63, 3.8) is 0 Å². The summed E-state index contributed by atoms with van der Waals surface area (Å²) in [5.74, 6) is 0.00294. The van der Waals surface area contributed by atoms with Crippen LogP contribution in [0.3, 0.4) is 0 Å². The molecule has 0 spiro atoms. The summed E-state index contributed by atoms with van der Waals surface area (Å²) in [5, 5.41) is 13.5. The van der Waals surface area contributed by atoms with Gasteiger partial charge in [0.1, 0.15) is 15.9 Å². The number of halogens is 1. The highest BCUT2D eigenvalue weighted by Gasteiger charge is 2.25. The number of hydrogen-bond acceptors (Lipinski definition) is 1. The Morgan fingerprint density at radius 2 is 1.23 bits per heavy atom. The number of nitriles is 1. The van der Waals surface area contributed by atoms with Crippen LogP contribution >= 0.6 is 7.92 Å². The number of benzene rings is 3. The summed E-state index contributed by atoms with van der Waals surface area (Å²) >= 11 is 0. The molecule has 1 unspecified atom stereocenters. The molecule has 0 radical (unpaired) electrons. The van der Waals surface area contributed by atoms with E-state index < -0.39 is 7.92 Å². The Labute approximate surface area is 168 Å². The minimum absolute atomic E-state index is 0. The van der Waals surface area contributed by atoms with Gasteiger partial charge in [0.05, 0.1) is 19.9 Å². The van der Waals surface area contributed by atoms with Crippen LogP contribution in [0.1, 0.15) is 31.2 Å². The van der Waals surface area contributed by atoms with Crippen molar-refractivity contribution >= 4 is 23.8 Å². The van der Waals surface area contributed by atoms with Crippen molar-refractivity contribution in [1.82, 2.24) is 0 Å². The molecule has 1 nitrogen and oxygen atoms in total. The molecular weight excluding hydrogens is 401 g/mol. The fourth-order valence-electron chi connectivity index (χ4n) is 3.19. The first-order valence-corrected chi connectivity index (χ1v) is 10.3. The predicted octanol–water partition coefficient (Wildman–Crippen LogP) is 1.59. The van der Waals surface area contributed by atoms with E-state index in [9.17, 15) is 5.26 Å². The third-order valence-electron chi connectivity index (χ3n) is 4.46. The smallest absolute Gasteiger partial charge is 0.102 e. The lowest BCUT2D eigenvalue weighted by Gasteiger charge is -2.12. The molecule has 0 amide bonds. The third kappa shape index (κ3) is 4.82. The molecule has 0 aromatic heterocycles. The van der Waals surface area contributed by atoms with Crippen LogP contribution < -0.4 is 32.9 Å². The summed E-state index contributed by atoms with van der Waals surface area (Å²) in [6, 6.07) is 32.7. The lowest BCUT2D eigenvalue weighted by molar-refractivity contribution is -0.00000513. The summed E-state index contributed by atoms with van der Waals surface area (Å²) in [6.07, 6.45) is 1.95. The lowest BCUT2D eigenvalue weighted by Crippen LogP contribution is -3.00. The summed E-state index contributed by atoms with van der Waals surface area (Å²) in [7, 11) is -1.02. The highest BCUT2D eigenvalue weighted by Crippen LogP contribution is 2.33. The van der Waals surface area contributed by atoms with Crippen LogP contribution in [0, 0.1) is 11.3 Å². The second-order valence-electron chi connectivity index (χ2n) is 6.20. The van der Waals surface area contributed by atoms with E-state index in [-0.39, 0.29) is 22.9 Å². The van der Waals surface area contributed by atoms with Gasteiger partial charge in [-0.25, -0.2) is 0 Å². The van der Waals surface area contributed by atoms with Crippen molar-refractivity contribution in [2.24, 2.45) is 0 Å². The number of nitrogens with zero attached hydrogens (tertiary/aromatic N) is 1. The zero-order valence-electron chi connectivity index (χ0n) is 14.9. The van der Waals surface area contributed by atoms with Crippen molar-refractivity contribution in [3.05, 3.63) is 90.5 Å². The minimum Gasteiger partial charge on any atom is -1.00 e. The molecule has 0 saturated carbocycles. The van der Waals surface area contributed by atoms with E-state index in [2.05, 4.69) is 97.9 Å². The van der Waals surface area contributed by atoms with Crippen LogP contribution in [-0.2, 0) is 0 Å². The van der Waals surface area contributed by atoms with Crippen molar-refractivity contribution in [3.8, 4) is 6.07 Å². The first-order chi connectivity index (χ1) is 12.3. The van der Waals surface area contributed by atoms with E-state index in [1.807, 2.05) is 0 Å². The van der Waals surface area contributed by atoms with Gasteiger partial charge in [0.2, 0.25) is 0 Å². The first kappa shape index (κ1) is 20.4. The summed E-state index contributed by atoms with van der Waals surface area (Å²) < 4.78 is 0. The zero-order valence-corrected chi connectivity index (χ0v) is 17.5. The van der Waals surface area contributed by atoms with Gasteiger partial charge in [0, 0.05) is 0 Å². The number of hydrogen-bond donors (Lipinski definition) is 0. The molecule has 0 aliphatic rings. The third-order valence-corrected chi connectivity index (χ3v) is 7.19. The molecule has 0 aliphatic heterocycles. The monoisotopic (exact) mass is 423 g/mol. The number of rotatable bonds is 6. The Hall–Kier alpha value is -1.94. The Kier molecular flexibility index (Phi) is 8.05. The van der Waals surface area contributed by atoms with E-state index in [1.54, 1.807) is 0 Å². The molecule has 3 aromatic rings. The van der Waals surface area contributed by atoms with Crippen LogP contribution in [0.2, 0.25) is 0 Å². The van der Waals surface area contributed by atoms with Gasteiger partial charge >= 0.3 is 0 Å². The molecular formula is C23H23BrNP. The molecule has 0 heterocycles. The van der Waals surface area contributed by atoms with E-state index in [0.717, 1.165) is 18.4 Å². The summed E-state index contributed by atoms with van der Waals surface area (Å²) in [6.45, 7) is 2.13. The van der Waals surface area contributed by atoms with Crippen molar-refractivity contribution in [2.45, 2.75) is 25.7 Å². The molecule has 0 saturated heterocycles. The maximum absolute atomic E-state index is 9.40. The second-order valence-corrected chi connectivity index (χ2v) is 8.68. The molecule has 0 bridgehead atoms. The zero-order chi connectivity index (χ0) is 17.5. The van der Waals surface area contributed by atoms with Crippen LogP contribution in [0.4, 0.5) is 0 Å². The van der Waals surface area contributed by atoms with E-state index >= 15 is 0 Å². The van der Waals surface area contributed by atoms with Crippen molar-refractivity contribution in [2.75, 3.05) is 0 Å². The fourth-order valence-corrected chi connectivity index (χ4v) is 5.74. The minimum atomic E-state index is -1.02. The lowest BCUT2D eigenvalue weighted by atomic mass is 9.96. The van der Waals surface area contributed by atoms with Gasteiger partial charge in [-0.05, 0) is 48.4 Å². The second kappa shape index (κ2) is 10.3. The molecule has 1 atom stereocenters. The SMILES string of the molecule is CCCC(C#N)c1ccc([PH+](c2ccccc2)c2ccccc2)cc1.[Br-]. The van der Waals surface area contributed by atoms with Crippen molar-refractivity contribution in [1.29, 1.82) is 5.26 Å². The molecule has 3 rings (SSSR count). The Morgan fingerprint density at radius 3 is 1.65 bits per heavy atom. The topological polar surface area (TPSA) is 23.8 Å². The molecule has 26 heavy (non-hydrogen) atoms. The van der Waals surface area contributed by atoms with Gasteiger partial charge in [-0.1, -0.05) is 61.9 Å². The highest BCUT2D eigenvalue weighted by molar-refractivity contribution is 7.79. The Morgan fingerprint density at radius 1 is 0.769 bits per heavy atom. The fraction of sp³-hybridized carbons (Fsp3) is 0.174. The van der Waals surface area contributed by atoms with Crippen molar-refractivity contribution < 1.29 is 17.0 Å². The largest absolute Gasteiger partial charge is 1.00 e. The quantitative estimate of drug-likeness (QED) is 0.552. The Balaban J connectivity index is 0.00000243. The highest BCUT2D eigenvalue weighted by atomic mass is 79.9. The molecule has 132 valence electrons. The van der Waals surface area contributed by atoms with Gasteiger partial charge in [-0.3, -0.25) is 0 Å². The van der Waals surface area contributed by atoms with Crippen LogP contribution in [0.25, 0.3) is 0 Å². The van der Waals surface area contributed by atoms with Gasteiger partial charge < -0.3 is 17.0 Å². The summed E-state index contributed by atoms with van der Waals surface area (Å²) in [5.41, 5.74) is 1.13. The van der Waals surface area contributed by atoms with Crippen LogP contribution in [0.5, 0.6) is 0 Å². The predicted molar refractivity (Wildman–Crippen MR) is 110 cm³/mol. The van der Waals surface area contributed by atoms with Gasteiger partial charge in [0.25, 0.3) is 0 Å². The van der Waals surface area contributed by atoms with Gasteiger partial charge in [0.15, 0.2) is 0 Å². The maximum Gasteiger partial charge on any atom is 0.102 e. The Bertz CT molecular complexity index is 786.